The van der Waals surface area contributed by atoms with E-state index in [9.17, 15) is 0 Å². The van der Waals surface area contributed by atoms with Crippen LogP contribution in [0.1, 0.15) is 107 Å². The number of rotatable bonds is 15. The van der Waals surface area contributed by atoms with Crippen LogP contribution < -0.4 is 26.2 Å². The van der Waals surface area contributed by atoms with E-state index in [2.05, 4.69) is 178 Å². The largest absolute Gasteiger partial charge is 0.311 e. The van der Waals surface area contributed by atoms with E-state index in [4.69, 9.17) is 0 Å². The predicted octanol–water partition coefficient (Wildman–Crippen LogP) is 14.3. The monoisotopic (exact) mass is 784 g/mol. The molecule has 0 unspecified atom stereocenters. The number of hydrogen-bond acceptors (Lipinski definition) is 2. The summed E-state index contributed by atoms with van der Waals surface area (Å²) < 4.78 is 0. The van der Waals surface area contributed by atoms with Crippen LogP contribution in [-0.4, -0.2) is 6.71 Å². The maximum Gasteiger partial charge on any atom is 0.252 e. The van der Waals surface area contributed by atoms with Gasteiger partial charge in [0.05, 0.1) is 5.69 Å². The van der Waals surface area contributed by atoms with Gasteiger partial charge in [0, 0.05) is 34.0 Å². The van der Waals surface area contributed by atoms with Crippen LogP contribution in [0.15, 0.2) is 133 Å². The highest BCUT2D eigenvalue weighted by molar-refractivity contribution is 7.00. The lowest BCUT2D eigenvalue weighted by molar-refractivity contribution is 0.795. The van der Waals surface area contributed by atoms with Crippen molar-refractivity contribution in [3.63, 3.8) is 0 Å². The normalized spacial score (nSPS) is 12.8. The second-order valence-corrected chi connectivity index (χ2v) is 17.6. The van der Waals surface area contributed by atoms with Crippen LogP contribution in [0.2, 0.25) is 0 Å². The van der Waals surface area contributed by atoms with Crippen molar-refractivity contribution in [3.05, 3.63) is 161 Å². The van der Waals surface area contributed by atoms with Crippen LogP contribution in [0.3, 0.4) is 0 Å². The van der Waals surface area contributed by atoms with E-state index >= 15 is 0 Å². The molecule has 0 aromatic heterocycles. The zero-order valence-corrected chi connectivity index (χ0v) is 36.7. The lowest BCUT2D eigenvalue weighted by atomic mass is 9.33. The first-order chi connectivity index (χ1) is 29.5. The van der Waals surface area contributed by atoms with Crippen LogP contribution in [0.5, 0.6) is 0 Å². The molecule has 0 saturated heterocycles. The van der Waals surface area contributed by atoms with E-state index in [1.165, 1.54) is 152 Å². The Morgan fingerprint density at radius 1 is 0.417 bits per heavy atom. The summed E-state index contributed by atoms with van der Waals surface area (Å²) in [6.45, 7) is 11.6. The summed E-state index contributed by atoms with van der Waals surface area (Å²) in [4.78, 5) is 5.24. The quantitative estimate of drug-likeness (QED) is 0.0956. The SMILES string of the molecule is CCCCc1ccc(N2c3ccc(CCCC)cc3B3c4cc(CCCC)ccc4N(c4ccc(CCCC)cc4-c4ccc5ccccc5c4)c4cc(C)cc2c43)cc1. The summed E-state index contributed by atoms with van der Waals surface area (Å²) in [5.74, 6) is 0. The van der Waals surface area contributed by atoms with E-state index in [0.29, 0.717) is 0 Å². The fourth-order valence-electron chi connectivity index (χ4n) is 9.95. The highest BCUT2D eigenvalue weighted by Crippen LogP contribution is 2.47. The first-order valence-electron chi connectivity index (χ1n) is 23.2. The Kier molecular flexibility index (Phi) is 11.7. The highest BCUT2D eigenvalue weighted by Gasteiger charge is 2.44. The smallest absolute Gasteiger partial charge is 0.252 e. The van der Waals surface area contributed by atoms with Crippen molar-refractivity contribution in [2.75, 3.05) is 9.80 Å². The van der Waals surface area contributed by atoms with Crippen molar-refractivity contribution in [2.45, 2.75) is 112 Å². The zero-order valence-electron chi connectivity index (χ0n) is 36.7. The van der Waals surface area contributed by atoms with E-state index in [0.717, 1.165) is 25.7 Å². The molecule has 2 aliphatic rings. The standard InChI is InChI=1S/C57H61BN2/c1-6-10-16-41-22-29-48(30-23-41)59-53-32-25-43(18-12-8-3)37-50(53)58-51-38-44(19-13-9-4)26-33-54(51)60(56-35-40(5)34-55(59)57(56)58)52-31-24-42(17-11-7-2)36-49(52)47-28-27-45-20-14-15-21-46(45)39-47/h14-15,20-39H,6-13,16-19H2,1-5H3. The number of fused-ring (bicyclic) bond motifs is 5. The molecule has 0 amide bonds. The molecule has 0 fully saturated rings. The average molecular weight is 785 g/mol. The Morgan fingerprint density at radius 3 is 1.52 bits per heavy atom. The molecule has 0 aliphatic carbocycles. The fraction of sp³-hybridized carbons (Fsp3) is 0.298. The van der Waals surface area contributed by atoms with Gasteiger partial charge in [-0.05, 0) is 173 Å². The van der Waals surface area contributed by atoms with Gasteiger partial charge in [-0.3, -0.25) is 0 Å². The molecule has 0 saturated carbocycles. The first-order valence-corrected chi connectivity index (χ1v) is 23.2. The van der Waals surface area contributed by atoms with Crippen LogP contribution in [0, 0.1) is 6.92 Å². The zero-order chi connectivity index (χ0) is 41.2. The average Bonchev–Trinajstić information content (AvgIpc) is 3.28. The molecule has 0 spiro atoms. The molecule has 0 N–H and O–H groups in total. The summed E-state index contributed by atoms with van der Waals surface area (Å²) in [5, 5.41) is 2.55. The molecule has 0 atom stereocenters. The molecule has 3 heteroatoms. The molecule has 2 heterocycles. The van der Waals surface area contributed by atoms with Gasteiger partial charge in [0.15, 0.2) is 0 Å². The van der Waals surface area contributed by atoms with E-state index in [1.807, 2.05) is 0 Å². The van der Waals surface area contributed by atoms with Crippen LogP contribution in [0.25, 0.3) is 21.9 Å². The minimum Gasteiger partial charge on any atom is -0.311 e. The van der Waals surface area contributed by atoms with Gasteiger partial charge in [0.25, 0.3) is 6.71 Å². The third-order valence-electron chi connectivity index (χ3n) is 13.2. The molecule has 0 bridgehead atoms. The number of nitrogens with zero attached hydrogens (tertiary/aromatic N) is 2. The second-order valence-electron chi connectivity index (χ2n) is 17.6. The maximum atomic E-state index is 2.65. The highest BCUT2D eigenvalue weighted by atomic mass is 15.2. The van der Waals surface area contributed by atoms with E-state index in [-0.39, 0.29) is 6.71 Å². The van der Waals surface area contributed by atoms with Crippen molar-refractivity contribution in [2.24, 2.45) is 0 Å². The summed E-state index contributed by atoms with van der Waals surface area (Å²) in [7, 11) is 0. The summed E-state index contributed by atoms with van der Waals surface area (Å²) in [6.07, 6.45) is 14.0. The predicted molar refractivity (Wildman–Crippen MR) is 263 cm³/mol. The molecule has 9 rings (SSSR count). The van der Waals surface area contributed by atoms with Crippen molar-refractivity contribution < 1.29 is 0 Å². The van der Waals surface area contributed by atoms with E-state index in [1.54, 1.807) is 0 Å². The minimum absolute atomic E-state index is 0.119. The lowest BCUT2D eigenvalue weighted by Crippen LogP contribution is -2.61. The topological polar surface area (TPSA) is 6.48 Å². The molecule has 7 aromatic rings. The Labute approximate surface area is 360 Å². The van der Waals surface area contributed by atoms with Crippen LogP contribution >= 0.6 is 0 Å². The van der Waals surface area contributed by atoms with E-state index < -0.39 is 0 Å². The lowest BCUT2D eigenvalue weighted by Gasteiger charge is -2.45. The van der Waals surface area contributed by atoms with Gasteiger partial charge >= 0.3 is 0 Å². The molecule has 60 heavy (non-hydrogen) atoms. The Balaban J connectivity index is 1.32. The Hall–Kier alpha value is -5.54. The number of anilines is 6. The second kappa shape index (κ2) is 17.6. The summed E-state index contributed by atoms with van der Waals surface area (Å²) in [6, 6.07) is 52.5. The van der Waals surface area contributed by atoms with Gasteiger partial charge in [-0.1, -0.05) is 132 Å². The van der Waals surface area contributed by atoms with Gasteiger partial charge in [-0.25, -0.2) is 0 Å². The third-order valence-corrected chi connectivity index (χ3v) is 13.2. The Morgan fingerprint density at radius 2 is 0.917 bits per heavy atom. The number of unbranched alkanes of at least 4 members (excludes halogenated alkanes) is 4. The Bertz CT molecular complexity index is 2640. The first kappa shape index (κ1) is 39.9. The molecular weight excluding hydrogens is 723 g/mol. The molecule has 302 valence electrons. The summed E-state index contributed by atoms with van der Waals surface area (Å²) >= 11 is 0. The molecule has 0 radical (unpaired) electrons. The van der Waals surface area contributed by atoms with Crippen molar-refractivity contribution in [1.29, 1.82) is 0 Å². The number of hydrogen-bond donors (Lipinski definition) is 0. The van der Waals surface area contributed by atoms with Gasteiger partial charge in [-0.2, -0.15) is 0 Å². The molecule has 2 nitrogen and oxygen atoms in total. The minimum atomic E-state index is 0.119. The third kappa shape index (κ3) is 7.57. The molecule has 2 aliphatic heterocycles. The fourth-order valence-corrected chi connectivity index (χ4v) is 9.95. The van der Waals surface area contributed by atoms with Crippen molar-refractivity contribution >= 4 is 68.0 Å². The van der Waals surface area contributed by atoms with Crippen molar-refractivity contribution in [1.82, 2.24) is 0 Å². The van der Waals surface area contributed by atoms with Crippen LogP contribution in [-0.2, 0) is 25.7 Å². The molecular formula is C57H61BN2. The number of aryl methyl sites for hydroxylation is 5. The van der Waals surface area contributed by atoms with Gasteiger partial charge in [-0.15, -0.1) is 0 Å². The maximum absolute atomic E-state index is 2.65. The van der Waals surface area contributed by atoms with Crippen LogP contribution in [0.4, 0.5) is 34.1 Å². The van der Waals surface area contributed by atoms with Gasteiger partial charge in [0.1, 0.15) is 0 Å². The summed E-state index contributed by atoms with van der Waals surface area (Å²) in [5.41, 5.74) is 21.5. The number of benzene rings is 7. The van der Waals surface area contributed by atoms with Gasteiger partial charge in [0.2, 0.25) is 0 Å². The van der Waals surface area contributed by atoms with Gasteiger partial charge < -0.3 is 9.80 Å². The molecule has 7 aromatic carbocycles. The van der Waals surface area contributed by atoms with Crippen molar-refractivity contribution in [3.8, 4) is 11.1 Å².